The van der Waals surface area contributed by atoms with Gasteiger partial charge in [0, 0.05) is 6.54 Å². The van der Waals surface area contributed by atoms with Crippen molar-refractivity contribution in [2.45, 2.75) is 12.5 Å². The van der Waals surface area contributed by atoms with Crippen LogP contribution in [0.4, 0.5) is 10.1 Å². The number of carboxylic acids is 1. The van der Waals surface area contributed by atoms with Gasteiger partial charge in [0.2, 0.25) is 0 Å². The Morgan fingerprint density at radius 2 is 2.35 bits per heavy atom. The molecule has 0 aliphatic carbocycles. The minimum Gasteiger partial charge on any atom is -0.481 e. The molecular formula is C9H11N3O6S2. The molecule has 1 unspecified atom stereocenters. The molecular weight excluding hydrogens is 310 g/mol. The largest absolute Gasteiger partial charge is 0.481 e. The van der Waals surface area contributed by atoms with Gasteiger partial charge in [-0.1, -0.05) is 0 Å². The number of hydrogen-bond acceptors (Lipinski definition) is 8. The molecule has 1 aliphatic rings. The number of nitrogens with zero attached hydrogens (tertiary/aromatic N) is 3. The van der Waals surface area contributed by atoms with E-state index in [0.717, 1.165) is 17.5 Å². The first-order valence-corrected chi connectivity index (χ1v) is 8.21. The number of nitro groups is 1. The normalized spacial score (nSPS) is 21.6. The van der Waals surface area contributed by atoms with Crippen LogP contribution in [0.2, 0.25) is 0 Å². The summed E-state index contributed by atoms with van der Waals surface area (Å²) in [6, 6.07) is -0.753. The Balaban J connectivity index is 2.27. The minimum absolute atomic E-state index is 0.0882. The SMILES string of the molecule is O=C(O)CC1CS(=O)(=O)CCN1c1ncc([N+](=O)[O-])s1. The Hall–Kier alpha value is -1.75. The molecule has 1 aromatic rings. The molecule has 2 rings (SSSR count). The lowest BCUT2D eigenvalue weighted by atomic mass is 10.2. The number of sulfone groups is 1. The molecule has 0 aromatic carbocycles. The van der Waals surface area contributed by atoms with Gasteiger partial charge in [0.25, 0.3) is 0 Å². The van der Waals surface area contributed by atoms with Crippen LogP contribution < -0.4 is 4.90 Å². The predicted octanol–water partition coefficient (Wildman–Crippen LogP) is 0.129. The van der Waals surface area contributed by atoms with Gasteiger partial charge in [-0.2, -0.15) is 0 Å². The second-order valence-electron chi connectivity index (χ2n) is 4.30. The van der Waals surface area contributed by atoms with Gasteiger partial charge in [-0.15, -0.1) is 0 Å². The first kappa shape index (κ1) is 14.7. The average Bonchev–Trinajstić information content (AvgIpc) is 2.76. The van der Waals surface area contributed by atoms with Crippen LogP contribution in [0.1, 0.15) is 6.42 Å². The molecule has 11 heteroatoms. The molecule has 110 valence electrons. The number of hydrogen-bond donors (Lipinski definition) is 1. The van der Waals surface area contributed by atoms with Crippen molar-refractivity contribution in [3.8, 4) is 0 Å². The monoisotopic (exact) mass is 321 g/mol. The summed E-state index contributed by atoms with van der Waals surface area (Å²) in [6.07, 6.45) is 0.730. The molecule has 9 nitrogen and oxygen atoms in total. The van der Waals surface area contributed by atoms with Crippen LogP contribution in [0.5, 0.6) is 0 Å². The van der Waals surface area contributed by atoms with Crippen LogP contribution in [0.25, 0.3) is 0 Å². The van der Waals surface area contributed by atoms with E-state index in [1.54, 1.807) is 0 Å². The molecule has 1 aliphatic heterocycles. The van der Waals surface area contributed by atoms with Gasteiger partial charge < -0.3 is 10.0 Å². The zero-order valence-electron chi connectivity index (χ0n) is 10.1. The molecule has 0 amide bonds. The van der Waals surface area contributed by atoms with Crippen molar-refractivity contribution in [2.24, 2.45) is 0 Å². The van der Waals surface area contributed by atoms with E-state index in [0.29, 0.717) is 0 Å². The predicted molar refractivity (Wildman–Crippen MR) is 70.8 cm³/mol. The van der Waals surface area contributed by atoms with Crippen molar-refractivity contribution in [2.75, 3.05) is 23.0 Å². The third-order valence-electron chi connectivity index (χ3n) is 2.85. The molecule has 2 heterocycles. The van der Waals surface area contributed by atoms with E-state index in [2.05, 4.69) is 4.98 Å². The fraction of sp³-hybridized carbons (Fsp3) is 0.556. The summed E-state index contributed by atoms with van der Waals surface area (Å²) in [5, 5.41) is 19.6. The van der Waals surface area contributed by atoms with E-state index in [1.807, 2.05) is 0 Å². The van der Waals surface area contributed by atoms with Crippen molar-refractivity contribution < 1.29 is 23.2 Å². The van der Waals surface area contributed by atoms with Gasteiger partial charge in [-0.25, -0.2) is 13.4 Å². The Morgan fingerprint density at radius 1 is 1.65 bits per heavy atom. The second kappa shape index (κ2) is 5.32. The zero-order valence-corrected chi connectivity index (χ0v) is 11.8. The summed E-state index contributed by atoms with van der Waals surface area (Å²) in [6.45, 7) is 0.0882. The van der Waals surface area contributed by atoms with Crippen LogP contribution in [-0.2, 0) is 14.6 Å². The lowest BCUT2D eigenvalue weighted by Crippen LogP contribution is -2.49. The smallest absolute Gasteiger partial charge is 0.345 e. The number of carbonyl (C=O) groups is 1. The van der Waals surface area contributed by atoms with Gasteiger partial charge in [0.15, 0.2) is 15.0 Å². The van der Waals surface area contributed by atoms with E-state index in [4.69, 9.17) is 5.11 Å². The van der Waals surface area contributed by atoms with Crippen molar-refractivity contribution in [1.82, 2.24) is 4.98 Å². The van der Waals surface area contributed by atoms with E-state index in [-0.39, 0.29) is 34.6 Å². The van der Waals surface area contributed by atoms with Gasteiger partial charge in [0.05, 0.1) is 28.9 Å². The highest BCUT2D eigenvalue weighted by Gasteiger charge is 2.34. The third kappa shape index (κ3) is 3.22. The summed E-state index contributed by atoms with van der Waals surface area (Å²) < 4.78 is 23.2. The maximum absolute atomic E-state index is 11.6. The quantitative estimate of drug-likeness (QED) is 0.611. The standard InChI is InChI=1S/C9H11N3O6S2/c13-8(14)3-6-5-20(17,18)2-1-11(6)9-10-4-7(19-9)12(15)16/h4,6H,1-3,5H2,(H,13,14). The van der Waals surface area contributed by atoms with Gasteiger partial charge in [0.1, 0.15) is 6.20 Å². The molecule has 0 saturated carbocycles. The lowest BCUT2D eigenvalue weighted by molar-refractivity contribution is -0.380. The average molecular weight is 321 g/mol. The molecule has 1 atom stereocenters. The van der Waals surface area contributed by atoms with Crippen molar-refractivity contribution in [1.29, 1.82) is 0 Å². The highest BCUT2D eigenvalue weighted by Crippen LogP contribution is 2.31. The van der Waals surface area contributed by atoms with Gasteiger partial charge in [-0.3, -0.25) is 14.9 Å². The summed E-state index contributed by atoms with van der Waals surface area (Å²) in [4.78, 5) is 26.3. The summed E-state index contributed by atoms with van der Waals surface area (Å²) in [5.41, 5.74) is 0. The third-order valence-corrected chi connectivity index (χ3v) is 5.53. The van der Waals surface area contributed by atoms with E-state index in [9.17, 15) is 23.3 Å². The number of anilines is 1. The van der Waals surface area contributed by atoms with Crippen LogP contribution in [-0.4, -0.2) is 53.5 Å². The number of rotatable bonds is 4. The Labute approximate surface area is 117 Å². The number of aromatic nitrogens is 1. The maximum Gasteiger partial charge on any atom is 0.345 e. The van der Waals surface area contributed by atoms with Gasteiger partial charge in [-0.05, 0) is 11.3 Å². The van der Waals surface area contributed by atoms with Crippen molar-refractivity contribution in [3.05, 3.63) is 16.3 Å². The maximum atomic E-state index is 11.6. The number of thiazole rings is 1. The highest BCUT2D eigenvalue weighted by molar-refractivity contribution is 7.91. The summed E-state index contributed by atoms with van der Waals surface area (Å²) in [7, 11) is -3.29. The second-order valence-corrected chi connectivity index (χ2v) is 7.51. The summed E-state index contributed by atoms with van der Waals surface area (Å²) in [5.74, 6) is -1.52. The first-order chi connectivity index (χ1) is 9.28. The van der Waals surface area contributed by atoms with Crippen LogP contribution in [0, 0.1) is 10.1 Å². The topological polar surface area (TPSA) is 131 Å². The summed E-state index contributed by atoms with van der Waals surface area (Å²) >= 11 is 0.806. The molecule has 1 N–H and O–H groups in total. The highest BCUT2D eigenvalue weighted by atomic mass is 32.2. The van der Waals surface area contributed by atoms with Crippen LogP contribution in [0.3, 0.4) is 0 Å². The van der Waals surface area contributed by atoms with E-state index in [1.165, 1.54) is 4.90 Å². The Kier molecular flexibility index (Phi) is 3.90. The molecule has 1 fully saturated rings. The van der Waals surface area contributed by atoms with Crippen molar-refractivity contribution >= 4 is 37.3 Å². The Morgan fingerprint density at radius 3 is 2.90 bits per heavy atom. The van der Waals surface area contributed by atoms with Crippen molar-refractivity contribution in [3.63, 3.8) is 0 Å². The number of carboxylic acid groups (broad SMARTS) is 1. The molecule has 1 aromatic heterocycles. The van der Waals surface area contributed by atoms with E-state index < -0.39 is 26.8 Å². The minimum atomic E-state index is -3.29. The van der Waals surface area contributed by atoms with Crippen LogP contribution in [0.15, 0.2) is 6.20 Å². The fourth-order valence-corrected chi connectivity index (χ4v) is 4.34. The molecule has 20 heavy (non-hydrogen) atoms. The first-order valence-electron chi connectivity index (χ1n) is 5.57. The number of aliphatic carboxylic acids is 1. The van der Waals surface area contributed by atoms with E-state index >= 15 is 0 Å². The molecule has 0 spiro atoms. The van der Waals surface area contributed by atoms with Crippen LogP contribution >= 0.6 is 11.3 Å². The molecule has 1 saturated heterocycles. The Bertz CT molecular complexity index is 640. The zero-order chi connectivity index (χ0) is 14.9. The van der Waals surface area contributed by atoms with Gasteiger partial charge >= 0.3 is 11.0 Å². The fourth-order valence-electron chi connectivity index (χ4n) is 1.98. The molecule has 0 bridgehead atoms. The lowest BCUT2D eigenvalue weighted by Gasteiger charge is -2.34. The molecule has 0 radical (unpaired) electrons.